The Bertz CT molecular complexity index is 505. The van der Waals surface area contributed by atoms with E-state index in [1.807, 2.05) is 30.3 Å². The van der Waals surface area contributed by atoms with Crippen LogP contribution in [-0.4, -0.2) is 0 Å². The number of benzene rings is 1. The summed E-state index contributed by atoms with van der Waals surface area (Å²) in [7, 11) is 0. The summed E-state index contributed by atoms with van der Waals surface area (Å²) in [5.41, 5.74) is 1.20. The van der Waals surface area contributed by atoms with Gasteiger partial charge in [0.05, 0.1) is 11.0 Å². The molecule has 2 rings (SSSR count). The van der Waals surface area contributed by atoms with Crippen LogP contribution in [0.1, 0.15) is 24.3 Å². The Morgan fingerprint density at radius 3 is 2.50 bits per heavy atom. The lowest BCUT2D eigenvalue weighted by Crippen LogP contribution is -2.17. The quantitative estimate of drug-likeness (QED) is 0.762. The molecule has 5 heteroatoms. The predicted octanol–water partition coefficient (Wildman–Crippen LogP) is 5.31. The molecular formula is C13H12Br2ClNO. The number of hydrogen-bond acceptors (Lipinski definition) is 2. The second kappa shape index (κ2) is 6.24. The average Bonchev–Trinajstić information content (AvgIpc) is 2.67. The topological polar surface area (TPSA) is 25.2 Å². The molecule has 0 aliphatic heterocycles. The van der Waals surface area contributed by atoms with Crippen molar-refractivity contribution in [3.05, 3.63) is 55.8 Å². The van der Waals surface area contributed by atoms with E-state index in [2.05, 4.69) is 44.1 Å². The third kappa shape index (κ3) is 3.60. The molecule has 0 bridgehead atoms. The van der Waals surface area contributed by atoms with Gasteiger partial charge in [0.2, 0.25) is 0 Å². The third-order valence-corrected chi connectivity index (χ3v) is 4.61. The summed E-state index contributed by atoms with van der Waals surface area (Å²) in [6.07, 6.45) is 0. The summed E-state index contributed by atoms with van der Waals surface area (Å²) in [6, 6.07) is 10.0. The summed E-state index contributed by atoms with van der Waals surface area (Å²) in [4.78, 5) is 0. The van der Waals surface area contributed by atoms with E-state index in [0.717, 1.165) is 19.9 Å². The lowest BCUT2D eigenvalue weighted by molar-refractivity contribution is 0.446. The molecule has 1 aromatic carbocycles. The lowest BCUT2D eigenvalue weighted by Gasteiger charge is -2.13. The van der Waals surface area contributed by atoms with Crippen LogP contribution in [0, 0.1) is 0 Å². The minimum atomic E-state index is 0.241. The van der Waals surface area contributed by atoms with Crippen molar-refractivity contribution in [1.29, 1.82) is 0 Å². The van der Waals surface area contributed by atoms with E-state index in [-0.39, 0.29) is 6.04 Å². The van der Waals surface area contributed by atoms with Crippen LogP contribution in [0.3, 0.4) is 0 Å². The summed E-state index contributed by atoms with van der Waals surface area (Å²) in [5, 5.41) is 4.15. The highest BCUT2D eigenvalue weighted by Gasteiger charge is 2.09. The van der Waals surface area contributed by atoms with Gasteiger partial charge in [-0.15, -0.1) is 0 Å². The Morgan fingerprint density at radius 1 is 1.28 bits per heavy atom. The van der Waals surface area contributed by atoms with Gasteiger partial charge in [-0.1, -0.05) is 23.7 Å². The molecule has 0 fully saturated rings. The van der Waals surface area contributed by atoms with Crippen LogP contribution in [0.4, 0.5) is 0 Å². The highest BCUT2D eigenvalue weighted by atomic mass is 79.9. The van der Waals surface area contributed by atoms with E-state index in [1.54, 1.807) is 0 Å². The zero-order chi connectivity index (χ0) is 13.1. The van der Waals surface area contributed by atoms with Crippen LogP contribution >= 0.6 is 43.5 Å². The van der Waals surface area contributed by atoms with E-state index in [1.165, 1.54) is 5.56 Å². The summed E-state index contributed by atoms with van der Waals surface area (Å²) >= 11 is 12.6. The molecule has 1 atom stereocenters. The van der Waals surface area contributed by atoms with Crippen LogP contribution in [-0.2, 0) is 6.54 Å². The van der Waals surface area contributed by atoms with Gasteiger partial charge in [-0.3, -0.25) is 0 Å². The molecule has 2 nitrogen and oxygen atoms in total. The minimum Gasteiger partial charge on any atom is -0.452 e. The van der Waals surface area contributed by atoms with Gasteiger partial charge in [0.1, 0.15) is 5.76 Å². The first-order valence-electron chi connectivity index (χ1n) is 5.49. The third-order valence-electron chi connectivity index (χ3n) is 2.65. The molecule has 0 spiro atoms. The molecule has 0 aliphatic rings. The highest BCUT2D eigenvalue weighted by Crippen LogP contribution is 2.27. The second-order valence-corrected chi connectivity index (χ2v) is 6.00. The zero-order valence-corrected chi connectivity index (χ0v) is 13.6. The van der Waals surface area contributed by atoms with Crippen LogP contribution < -0.4 is 5.32 Å². The SMILES string of the molecule is CC(NCc1cc(Br)c(Br)o1)c1ccc(Cl)cc1. The molecule has 0 saturated carbocycles. The zero-order valence-electron chi connectivity index (χ0n) is 9.71. The van der Waals surface area contributed by atoms with E-state index in [4.69, 9.17) is 16.0 Å². The van der Waals surface area contributed by atoms with E-state index in [9.17, 15) is 0 Å². The predicted molar refractivity (Wildman–Crippen MR) is 80.8 cm³/mol. The van der Waals surface area contributed by atoms with Crippen molar-refractivity contribution in [2.75, 3.05) is 0 Å². The van der Waals surface area contributed by atoms with Gasteiger partial charge < -0.3 is 9.73 Å². The molecule has 0 aliphatic carbocycles. The number of rotatable bonds is 4. The Labute approximate surface area is 128 Å². The first kappa shape index (κ1) is 14.1. The van der Waals surface area contributed by atoms with E-state index < -0.39 is 0 Å². The van der Waals surface area contributed by atoms with Gasteiger partial charge in [-0.25, -0.2) is 0 Å². The van der Waals surface area contributed by atoms with Crippen LogP contribution in [0.5, 0.6) is 0 Å². The van der Waals surface area contributed by atoms with Gasteiger partial charge in [-0.05, 0) is 62.5 Å². The number of halogens is 3. The summed E-state index contributed by atoms with van der Waals surface area (Å²) in [5.74, 6) is 0.884. The molecule has 0 amide bonds. The molecule has 96 valence electrons. The van der Waals surface area contributed by atoms with Crippen molar-refractivity contribution in [3.63, 3.8) is 0 Å². The second-order valence-electron chi connectivity index (χ2n) is 3.99. The van der Waals surface area contributed by atoms with Gasteiger partial charge in [-0.2, -0.15) is 0 Å². The fraction of sp³-hybridized carbons (Fsp3) is 0.231. The summed E-state index contributed by atoms with van der Waals surface area (Å²) < 4.78 is 7.16. The number of nitrogens with one attached hydrogen (secondary N) is 1. The average molecular weight is 394 g/mol. The van der Waals surface area contributed by atoms with Crippen molar-refractivity contribution in [2.45, 2.75) is 19.5 Å². The highest BCUT2D eigenvalue weighted by molar-refractivity contribution is 9.13. The number of hydrogen-bond donors (Lipinski definition) is 1. The first-order valence-corrected chi connectivity index (χ1v) is 7.45. The van der Waals surface area contributed by atoms with Gasteiger partial charge in [0.25, 0.3) is 0 Å². The van der Waals surface area contributed by atoms with Crippen molar-refractivity contribution < 1.29 is 4.42 Å². The maximum absolute atomic E-state index is 5.86. The molecule has 1 heterocycles. The monoisotopic (exact) mass is 391 g/mol. The molecule has 18 heavy (non-hydrogen) atoms. The lowest BCUT2D eigenvalue weighted by atomic mass is 10.1. The molecule has 1 N–H and O–H groups in total. The summed E-state index contributed by atoms with van der Waals surface area (Å²) in [6.45, 7) is 2.78. The van der Waals surface area contributed by atoms with Crippen molar-refractivity contribution in [3.8, 4) is 0 Å². The van der Waals surface area contributed by atoms with Gasteiger partial charge in [0, 0.05) is 11.1 Å². The maximum Gasteiger partial charge on any atom is 0.183 e. The largest absolute Gasteiger partial charge is 0.452 e. The normalized spacial score (nSPS) is 12.7. The van der Waals surface area contributed by atoms with Crippen molar-refractivity contribution >= 4 is 43.5 Å². The molecule has 0 radical (unpaired) electrons. The standard InChI is InChI=1S/C13H12Br2ClNO/c1-8(9-2-4-10(16)5-3-9)17-7-11-6-12(14)13(15)18-11/h2-6,8,17H,7H2,1H3. The van der Waals surface area contributed by atoms with Gasteiger partial charge >= 0.3 is 0 Å². The maximum atomic E-state index is 5.86. The van der Waals surface area contributed by atoms with E-state index >= 15 is 0 Å². The fourth-order valence-corrected chi connectivity index (χ4v) is 2.39. The molecular weight excluding hydrogens is 381 g/mol. The van der Waals surface area contributed by atoms with Crippen LogP contribution in [0.2, 0.25) is 5.02 Å². The fourth-order valence-electron chi connectivity index (χ4n) is 1.60. The first-order chi connectivity index (χ1) is 8.56. The van der Waals surface area contributed by atoms with Crippen LogP contribution in [0.15, 0.2) is 43.9 Å². The Hall–Kier alpha value is -0.290. The van der Waals surface area contributed by atoms with Gasteiger partial charge in [0.15, 0.2) is 4.67 Å². The Morgan fingerprint density at radius 2 is 1.94 bits per heavy atom. The smallest absolute Gasteiger partial charge is 0.183 e. The van der Waals surface area contributed by atoms with Crippen molar-refractivity contribution in [2.24, 2.45) is 0 Å². The molecule has 0 saturated heterocycles. The van der Waals surface area contributed by atoms with Crippen LogP contribution in [0.25, 0.3) is 0 Å². The molecule has 2 aromatic rings. The molecule has 1 unspecified atom stereocenters. The van der Waals surface area contributed by atoms with Crippen molar-refractivity contribution in [1.82, 2.24) is 5.32 Å². The minimum absolute atomic E-state index is 0.241. The number of furan rings is 1. The van der Waals surface area contributed by atoms with E-state index in [0.29, 0.717) is 6.54 Å². The Balaban J connectivity index is 1.95. The Kier molecular flexibility index (Phi) is 4.90. The molecule has 1 aromatic heterocycles.